The number of anilines is 1. The van der Waals surface area contributed by atoms with Crippen molar-refractivity contribution >= 4 is 27.5 Å². The van der Waals surface area contributed by atoms with Crippen LogP contribution in [0.15, 0.2) is 42.5 Å². The lowest BCUT2D eigenvalue weighted by atomic mass is 9.95. The number of carbonyl (C=O) groups excluding carboxylic acids is 2. The number of hydrogen-bond acceptors (Lipinski definition) is 4. The minimum absolute atomic E-state index is 0.0686. The number of nitrogens with one attached hydrogen (secondary N) is 1. The zero-order valence-corrected chi connectivity index (χ0v) is 23.7. The van der Waals surface area contributed by atoms with E-state index in [1.165, 1.54) is 27.8 Å². The molecule has 38 heavy (non-hydrogen) atoms. The molecule has 1 atom stereocenters. The Morgan fingerprint density at radius 1 is 1.03 bits per heavy atom. The lowest BCUT2D eigenvalue weighted by Gasteiger charge is -2.31. The van der Waals surface area contributed by atoms with Gasteiger partial charge in [-0.1, -0.05) is 37.5 Å². The second-order valence-electron chi connectivity index (χ2n) is 10.4. The minimum atomic E-state index is -3.56. The normalized spacial score (nSPS) is 15.1. The van der Waals surface area contributed by atoms with E-state index in [1.54, 1.807) is 25.1 Å². The summed E-state index contributed by atoms with van der Waals surface area (Å²) in [6.07, 6.45) is 6.71. The van der Waals surface area contributed by atoms with Gasteiger partial charge in [-0.3, -0.25) is 13.9 Å². The van der Waals surface area contributed by atoms with Crippen LogP contribution in [-0.2, 0) is 26.2 Å². The molecule has 1 aliphatic rings. The fourth-order valence-corrected chi connectivity index (χ4v) is 5.78. The topological polar surface area (TPSA) is 86.8 Å². The average molecular weight is 546 g/mol. The van der Waals surface area contributed by atoms with Crippen molar-refractivity contribution in [3.05, 3.63) is 65.0 Å². The van der Waals surface area contributed by atoms with E-state index >= 15 is 0 Å². The van der Waals surface area contributed by atoms with Crippen LogP contribution in [0.2, 0.25) is 0 Å². The lowest BCUT2D eigenvalue weighted by molar-refractivity contribution is -0.141. The molecule has 2 aromatic rings. The zero-order valence-electron chi connectivity index (χ0n) is 22.9. The molecule has 0 spiro atoms. The van der Waals surface area contributed by atoms with Crippen LogP contribution >= 0.6 is 0 Å². The van der Waals surface area contributed by atoms with E-state index in [4.69, 9.17) is 0 Å². The first-order valence-corrected chi connectivity index (χ1v) is 15.2. The zero-order chi connectivity index (χ0) is 27.9. The summed E-state index contributed by atoms with van der Waals surface area (Å²) in [6.45, 7) is 5.89. The van der Waals surface area contributed by atoms with Crippen LogP contribution in [0.1, 0.15) is 68.6 Å². The molecule has 0 saturated heterocycles. The molecule has 208 valence electrons. The summed E-state index contributed by atoms with van der Waals surface area (Å²) in [6, 6.07) is 10.7. The van der Waals surface area contributed by atoms with Gasteiger partial charge in [0.2, 0.25) is 21.8 Å². The van der Waals surface area contributed by atoms with E-state index in [2.05, 4.69) is 5.32 Å². The quantitative estimate of drug-likeness (QED) is 0.437. The second-order valence-corrected chi connectivity index (χ2v) is 12.3. The largest absolute Gasteiger partial charge is 0.352 e. The van der Waals surface area contributed by atoms with Gasteiger partial charge >= 0.3 is 0 Å². The van der Waals surface area contributed by atoms with Gasteiger partial charge < -0.3 is 10.2 Å². The highest BCUT2D eigenvalue weighted by Gasteiger charge is 2.28. The van der Waals surface area contributed by atoms with Gasteiger partial charge in [0, 0.05) is 25.6 Å². The van der Waals surface area contributed by atoms with Crippen LogP contribution in [0.4, 0.5) is 10.1 Å². The van der Waals surface area contributed by atoms with Crippen molar-refractivity contribution in [2.45, 2.75) is 84.3 Å². The first-order chi connectivity index (χ1) is 18.0. The van der Waals surface area contributed by atoms with Gasteiger partial charge in [-0.25, -0.2) is 12.8 Å². The third-order valence-electron chi connectivity index (χ3n) is 7.32. The Bertz CT molecular complexity index is 1210. The summed E-state index contributed by atoms with van der Waals surface area (Å²) in [5.74, 6) is -0.837. The summed E-state index contributed by atoms with van der Waals surface area (Å²) in [5.41, 5.74) is 3.32. The highest BCUT2D eigenvalue weighted by molar-refractivity contribution is 7.92. The highest BCUT2D eigenvalue weighted by atomic mass is 32.2. The predicted octanol–water partition coefficient (Wildman–Crippen LogP) is 4.85. The Balaban J connectivity index is 1.72. The first kappa shape index (κ1) is 29.6. The molecule has 1 N–H and O–H groups in total. The molecular formula is C29H40FN3O4S. The van der Waals surface area contributed by atoms with Crippen molar-refractivity contribution in [3.63, 3.8) is 0 Å². The van der Waals surface area contributed by atoms with Crippen LogP contribution in [0.25, 0.3) is 0 Å². The molecule has 0 aromatic heterocycles. The fourth-order valence-electron chi connectivity index (χ4n) is 4.82. The number of amides is 2. The van der Waals surface area contributed by atoms with E-state index < -0.39 is 16.1 Å². The Hall–Kier alpha value is -2.94. The van der Waals surface area contributed by atoms with Crippen molar-refractivity contribution in [2.75, 3.05) is 17.1 Å². The molecule has 1 unspecified atom stereocenters. The average Bonchev–Trinajstić information content (AvgIpc) is 2.87. The Morgan fingerprint density at radius 3 is 2.29 bits per heavy atom. The Labute approximate surface area is 226 Å². The standard InChI is InChI=1S/C29H40FN3O4S/c1-21-12-17-27(19-22(21)2)33(38(4,36)37)18-8-11-28(34)32(20-24-13-15-25(30)16-14-24)23(3)29(35)31-26-9-6-5-7-10-26/h12-17,19,23,26H,5-11,18,20H2,1-4H3,(H,31,35). The molecule has 1 fully saturated rings. The van der Waals surface area contributed by atoms with Crippen LogP contribution < -0.4 is 9.62 Å². The Morgan fingerprint density at radius 2 is 1.68 bits per heavy atom. The van der Waals surface area contributed by atoms with Gasteiger partial charge in [0.05, 0.1) is 11.9 Å². The molecule has 2 amide bonds. The van der Waals surface area contributed by atoms with Crippen molar-refractivity contribution in [1.29, 1.82) is 0 Å². The maximum absolute atomic E-state index is 13.5. The number of sulfonamides is 1. The lowest BCUT2D eigenvalue weighted by Crippen LogP contribution is -2.50. The molecule has 0 bridgehead atoms. The van der Waals surface area contributed by atoms with E-state index in [-0.39, 0.29) is 49.6 Å². The Kier molecular flexibility index (Phi) is 10.3. The second kappa shape index (κ2) is 13.2. The molecule has 3 rings (SSSR count). The number of benzene rings is 2. The van der Waals surface area contributed by atoms with Gasteiger partial charge in [0.1, 0.15) is 11.9 Å². The number of aryl methyl sites for hydroxylation is 2. The molecule has 9 heteroatoms. The van der Waals surface area contributed by atoms with E-state index in [0.29, 0.717) is 11.3 Å². The van der Waals surface area contributed by atoms with Crippen molar-refractivity contribution in [3.8, 4) is 0 Å². The summed E-state index contributed by atoms with van der Waals surface area (Å²) in [4.78, 5) is 28.0. The number of hydrogen-bond donors (Lipinski definition) is 1. The van der Waals surface area contributed by atoms with Gasteiger partial charge in [-0.15, -0.1) is 0 Å². The summed E-state index contributed by atoms with van der Waals surface area (Å²) < 4.78 is 39.9. The summed E-state index contributed by atoms with van der Waals surface area (Å²) >= 11 is 0. The number of halogens is 1. The van der Waals surface area contributed by atoms with Gasteiger partial charge in [0.25, 0.3) is 0 Å². The number of nitrogens with zero attached hydrogens (tertiary/aromatic N) is 2. The third-order valence-corrected chi connectivity index (χ3v) is 8.51. The van der Waals surface area contributed by atoms with Crippen LogP contribution in [0.3, 0.4) is 0 Å². The monoisotopic (exact) mass is 545 g/mol. The van der Waals surface area contributed by atoms with Crippen molar-refractivity contribution < 1.29 is 22.4 Å². The molecule has 0 aliphatic heterocycles. The summed E-state index contributed by atoms with van der Waals surface area (Å²) in [7, 11) is -3.56. The van der Waals surface area contributed by atoms with E-state index in [1.807, 2.05) is 26.0 Å². The van der Waals surface area contributed by atoms with Crippen LogP contribution in [0, 0.1) is 19.7 Å². The smallest absolute Gasteiger partial charge is 0.242 e. The molecule has 1 aliphatic carbocycles. The number of carbonyl (C=O) groups is 2. The molecule has 1 saturated carbocycles. The predicted molar refractivity (Wildman–Crippen MR) is 149 cm³/mol. The van der Waals surface area contributed by atoms with Crippen LogP contribution in [0.5, 0.6) is 0 Å². The summed E-state index contributed by atoms with van der Waals surface area (Å²) in [5, 5.41) is 3.09. The fraction of sp³-hybridized carbons (Fsp3) is 0.517. The third kappa shape index (κ3) is 8.28. The van der Waals surface area contributed by atoms with Gasteiger partial charge in [-0.2, -0.15) is 0 Å². The minimum Gasteiger partial charge on any atom is -0.352 e. The molecule has 0 radical (unpaired) electrons. The molecule has 0 heterocycles. The molecular weight excluding hydrogens is 505 g/mol. The van der Waals surface area contributed by atoms with Crippen molar-refractivity contribution in [1.82, 2.24) is 10.2 Å². The number of rotatable bonds is 11. The molecule has 7 nitrogen and oxygen atoms in total. The van der Waals surface area contributed by atoms with Crippen molar-refractivity contribution in [2.24, 2.45) is 0 Å². The van der Waals surface area contributed by atoms with E-state index in [9.17, 15) is 22.4 Å². The van der Waals surface area contributed by atoms with Gasteiger partial charge in [-0.05, 0) is 81.0 Å². The first-order valence-electron chi connectivity index (χ1n) is 13.3. The highest BCUT2D eigenvalue weighted by Crippen LogP contribution is 2.23. The van der Waals surface area contributed by atoms with Gasteiger partial charge in [0.15, 0.2) is 0 Å². The maximum Gasteiger partial charge on any atom is 0.242 e. The van der Waals surface area contributed by atoms with Crippen LogP contribution in [-0.4, -0.2) is 50.0 Å². The van der Waals surface area contributed by atoms with E-state index in [0.717, 1.165) is 43.1 Å². The maximum atomic E-state index is 13.5. The SMILES string of the molecule is Cc1ccc(N(CCCC(=O)N(Cc2ccc(F)cc2)C(C)C(=O)NC2CCCCC2)S(C)(=O)=O)cc1C. The molecule has 2 aromatic carbocycles.